The normalized spacial score (nSPS) is 26.9. The van der Waals surface area contributed by atoms with Crippen LogP contribution in [0.1, 0.15) is 45.9 Å². The van der Waals surface area contributed by atoms with E-state index in [2.05, 4.69) is 68.5 Å². The molecule has 12 nitrogen and oxygen atoms in total. The number of hydrogen-bond acceptors (Lipinski definition) is 8. The lowest BCUT2D eigenvalue weighted by Gasteiger charge is -2.53. The molecule has 0 saturated heterocycles. The summed E-state index contributed by atoms with van der Waals surface area (Å²) in [6.45, 7) is 0. The molecule has 4 aromatic heterocycles. The molecular formula is C32H28N4O8. The first-order valence-electron chi connectivity index (χ1n) is 13.7. The molecule has 4 aromatic rings. The van der Waals surface area contributed by atoms with E-state index >= 15 is 0 Å². The average molecular weight is 597 g/mol. The number of nitrogens with zero attached hydrogens (tertiary/aromatic N) is 4. The number of carboxylic acids is 4. The van der Waals surface area contributed by atoms with Gasteiger partial charge in [0.1, 0.15) is 0 Å². The maximum Gasteiger partial charge on any atom is 0.308 e. The molecule has 224 valence electrons. The van der Waals surface area contributed by atoms with Crippen molar-refractivity contribution in [3.05, 3.63) is 120 Å². The quantitative estimate of drug-likeness (QED) is 0.231. The van der Waals surface area contributed by atoms with Crippen molar-refractivity contribution in [2.24, 2.45) is 23.7 Å². The topological polar surface area (TPSA) is 201 Å². The molecule has 0 atom stereocenters. The van der Waals surface area contributed by atoms with E-state index in [0.29, 0.717) is 23.7 Å². The molecule has 0 spiro atoms. The van der Waals surface area contributed by atoms with Crippen molar-refractivity contribution in [1.29, 1.82) is 0 Å². The highest BCUT2D eigenvalue weighted by Crippen LogP contribution is 2.66. The fraction of sp³-hybridized carbons (Fsp3) is 0.250. The Morgan fingerprint density at radius 3 is 0.659 bits per heavy atom. The molecule has 12 heteroatoms. The predicted octanol–water partition coefficient (Wildman–Crippen LogP) is 3.52. The van der Waals surface area contributed by atoms with Gasteiger partial charge in [0.2, 0.25) is 0 Å². The molecule has 2 aliphatic carbocycles. The SMILES string of the molecule is O=C(O)C1C(C(=O)O)C(C(=O)O)C1C(=O)O.c1cc(C2C(c3ccncc3)C(c3ccncc3)C2c2ccncc2)ccn1. The van der Waals surface area contributed by atoms with Crippen molar-refractivity contribution >= 4 is 23.9 Å². The summed E-state index contributed by atoms with van der Waals surface area (Å²) in [4.78, 5) is 59.6. The molecule has 44 heavy (non-hydrogen) atoms. The van der Waals surface area contributed by atoms with Crippen molar-refractivity contribution in [2.45, 2.75) is 23.7 Å². The summed E-state index contributed by atoms with van der Waals surface area (Å²) in [6, 6.07) is 17.2. The Labute approximate surface area is 251 Å². The van der Waals surface area contributed by atoms with Gasteiger partial charge in [-0.05, 0) is 94.5 Å². The zero-order valence-electron chi connectivity index (χ0n) is 23.1. The Balaban J connectivity index is 0.000000206. The summed E-state index contributed by atoms with van der Waals surface area (Å²) >= 11 is 0. The lowest BCUT2D eigenvalue weighted by molar-refractivity contribution is -0.191. The average Bonchev–Trinajstić information content (AvgIpc) is 2.98. The van der Waals surface area contributed by atoms with Crippen molar-refractivity contribution in [1.82, 2.24) is 19.9 Å². The lowest BCUT2D eigenvalue weighted by Crippen LogP contribution is -2.59. The van der Waals surface area contributed by atoms with E-state index in [9.17, 15) is 19.2 Å². The maximum absolute atomic E-state index is 10.7. The second-order valence-corrected chi connectivity index (χ2v) is 10.7. The number of pyridine rings is 4. The van der Waals surface area contributed by atoms with Gasteiger partial charge >= 0.3 is 23.9 Å². The van der Waals surface area contributed by atoms with Gasteiger partial charge in [-0.25, -0.2) is 0 Å². The first kappa shape index (κ1) is 30.0. The molecule has 0 radical (unpaired) electrons. The van der Waals surface area contributed by atoms with Gasteiger partial charge in [-0.2, -0.15) is 0 Å². The van der Waals surface area contributed by atoms with E-state index in [1.807, 2.05) is 49.6 Å². The van der Waals surface area contributed by atoms with Crippen LogP contribution >= 0.6 is 0 Å². The van der Waals surface area contributed by atoms with Crippen molar-refractivity contribution < 1.29 is 39.6 Å². The zero-order valence-corrected chi connectivity index (χ0v) is 23.1. The van der Waals surface area contributed by atoms with Crippen molar-refractivity contribution in [2.75, 3.05) is 0 Å². The minimum atomic E-state index is -1.70. The van der Waals surface area contributed by atoms with Crippen LogP contribution in [0.3, 0.4) is 0 Å². The Hall–Kier alpha value is -5.52. The molecule has 4 heterocycles. The summed E-state index contributed by atoms with van der Waals surface area (Å²) in [6.07, 6.45) is 15.1. The standard InChI is InChI=1S/C24H20N4.C8H8O8/c1-9-25-10-2-17(1)21-22(18-3-11-26-12-4-18)24(20-7-15-28-16-8-20)23(21)19-5-13-27-14-6-19;9-5(10)1-2(6(11)12)4(8(15)16)3(1)7(13)14/h1-16,21-24H;1-4H,(H,9,10)(H,11,12)(H,13,14)(H,15,16). The van der Waals surface area contributed by atoms with Gasteiger partial charge < -0.3 is 20.4 Å². The Bertz CT molecular complexity index is 1360. The summed E-state index contributed by atoms with van der Waals surface area (Å²) in [5.41, 5.74) is 5.29. The van der Waals surface area contributed by atoms with Gasteiger partial charge in [0.25, 0.3) is 0 Å². The third-order valence-corrected chi connectivity index (χ3v) is 8.60. The number of rotatable bonds is 8. The largest absolute Gasteiger partial charge is 0.481 e. The molecular weight excluding hydrogens is 568 g/mol. The number of hydrogen-bond donors (Lipinski definition) is 4. The third kappa shape index (κ3) is 5.61. The van der Waals surface area contributed by atoms with Gasteiger partial charge in [-0.1, -0.05) is 0 Å². The van der Waals surface area contributed by atoms with Crippen molar-refractivity contribution in [3.63, 3.8) is 0 Å². The highest BCUT2D eigenvalue weighted by atomic mass is 16.4. The molecule has 0 bridgehead atoms. The van der Waals surface area contributed by atoms with E-state index < -0.39 is 47.5 Å². The summed E-state index contributed by atoms with van der Waals surface area (Å²) < 4.78 is 0. The van der Waals surface area contributed by atoms with E-state index in [0.717, 1.165) is 0 Å². The van der Waals surface area contributed by atoms with E-state index in [-0.39, 0.29) is 0 Å². The predicted molar refractivity (Wildman–Crippen MR) is 152 cm³/mol. The van der Waals surface area contributed by atoms with Crippen LogP contribution in [-0.4, -0.2) is 64.2 Å². The fourth-order valence-corrected chi connectivity index (χ4v) is 6.73. The zero-order chi connectivity index (χ0) is 31.4. The minimum Gasteiger partial charge on any atom is -0.481 e. The van der Waals surface area contributed by atoms with E-state index in [1.54, 1.807) is 0 Å². The summed E-state index contributed by atoms with van der Waals surface area (Å²) in [7, 11) is 0. The van der Waals surface area contributed by atoms with Gasteiger partial charge in [0.15, 0.2) is 0 Å². The molecule has 2 saturated carbocycles. The molecule has 0 aromatic carbocycles. The Kier molecular flexibility index (Phi) is 8.70. The first-order chi connectivity index (χ1) is 21.2. The van der Waals surface area contributed by atoms with E-state index in [4.69, 9.17) is 20.4 Å². The van der Waals surface area contributed by atoms with Crippen LogP contribution < -0.4 is 0 Å². The number of carboxylic acid groups (broad SMARTS) is 4. The molecule has 6 rings (SSSR count). The molecule has 4 N–H and O–H groups in total. The summed E-state index contributed by atoms with van der Waals surface area (Å²) in [5.74, 6) is -11.8. The first-order valence-corrected chi connectivity index (χ1v) is 13.7. The van der Waals surface area contributed by atoms with Crippen LogP contribution in [0.25, 0.3) is 0 Å². The van der Waals surface area contributed by atoms with Gasteiger partial charge in [0.05, 0.1) is 23.7 Å². The van der Waals surface area contributed by atoms with Crippen LogP contribution in [0.5, 0.6) is 0 Å². The van der Waals surface area contributed by atoms with Gasteiger partial charge in [0, 0.05) is 49.6 Å². The number of aliphatic carboxylic acids is 4. The monoisotopic (exact) mass is 596 g/mol. The van der Waals surface area contributed by atoms with Gasteiger partial charge in [-0.3, -0.25) is 39.1 Å². The highest BCUT2D eigenvalue weighted by Gasteiger charge is 2.64. The smallest absolute Gasteiger partial charge is 0.308 e. The maximum atomic E-state index is 10.7. The van der Waals surface area contributed by atoms with Crippen LogP contribution in [0.15, 0.2) is 98.1 Å². The molecule has 0 aliphatic heterocycles. The van der Waals surface area contributed by atoms with Crippen LogP contribution in [-0.2, 0) is 19.2 Å². The number of carbonyl (C=O) groups is 4. The number of aromatic nitrogens is 4. The Morgan fingerprint density at radius 1 is 0.364 bits per heavy atom. The molecule has 2 fully saturated rings. The third-order valence-electron chi connectivity index (χ3n) is 8.60. The Morgan fingerprint density at radius 2 is 0.523 bits per heavy atom. The van der Waals surface area contributed by atoms with Gasteiger partial charge in [-0.15, -0.1) is 0 Å². The molecule has 0 amide bonds. The second kappa shape index (κ2) is 12.8. The molecule has 0 unspecified atom stereocenters. The fourth-order valence-electron chi connectivity index (χ4n) is 6.73. The van der Waals surface area contributed by atoms with Crippen molar-refractivity contribution in [3.8, 4) is 0 Å². The highest BCUT2D eigenvalue weighted by molar-refractivity contribution is 5.95. The van der Waals surface area contributed by atoms with Crippen LogP contribution in [0.4, 0.5) is 0 Å². The summed E-state index contributed by atoms with van der Waals surface area (Å²) in [5, 5.41) is 34.6. The minimum absolute atomic E-state index is 0.367. The van der Waals surface area contributed by atoms with E-state index in [1.165, 1.54) is 22.3 Å². The lowest BCUT2D eigenvalue weighted by atomic mass is 9.49. The van der Waals surface area contributed by atoms with Crippen LogP contribution in [0.2, 0.25) is 0 Å². The van der Waals surface area contributed by atoms with Crippen LogP contribution in [0, 0.1) is 23.7 Å². The molecule has 2 aliphatic rings. The second-order valence-electron chi connectivity index (χ2n) is 10.7.